The maximum atomic E-state index is 12.1. The molecule has 0 aliphatic carbocycles. The summed E-state index contributed by atoms with van der Waals surface area (Å²) in [7, 11) is 0. The Morgan fingerprint density at radius 2 is 1.80 bits per heavy atom. The topological polar surface area (TPSA) is 61.6 Å². The van der Waals surface area contributed by atoms with E-state index in [1.807, 2.05) is 0 Å². The van der Waals surface area contributed by atoms with Gasteiger partial charge in [0.2, 0.25) is 5.91 Å². The van der Waals surface area contributed by atoms with Crippen LogP contribution in [0.1, 0.15) is 32.1 Å². The van der Waals surface area contributed by atoms with Crippen molar-refractivity contribution in [3.8, 4) is 0 Å². The number of nitrogens with zero attached hydrogens (tertiary/aromatic N) is 2. The van der Waals surface area contributed by atoms with Crippen LogP contribution in [0.5, 0.6) is 0 Å². The molecule has 3 atom stereocenters. The molecule has 114 valence electrons. The molecular weight excluding hydrogens is 252 g/mol. The molecule has 0 aromatic heterocycles. The van der Waals surface area contributed by atoms with Gasteiger partial charge in [-0.2, -0.15) is 0 Å². The van der Waals surface area contributed by atoms with Crippen LogP contribution in [0, 0.1) is 5.92 Å². The third-order valence-corrected chi connectivity index (χ3v) is 5.31. The summed E-state index contributed by atoms with van der Waals surface area (Å²) in [4.78, 5) is 17.4. The zero-order valence-electron chi connectivity index (χ0n) is 12.4. The van der Waals surface area contributed by atoms with E-state index in [0.29, 0.717) is 19.1 Å². The number of amides is 1. The molecule has 3 aliphatic heterocycles. The first-order valence-electron chi connectivity index (χ1n) is 8.25. The quantitative estimate of drug-likeness (QED) is 0.761. The van der Waals surface area contributed by atoms with E-state index in [9.17, 15) is 4.79 Å². The van der Waals surface area contributed by atoms with Crippen LogP contribution in [-0.2, 0) is 4.79 Å². The molecule has 5 heteroatoms. The van der Waals surface area contributed by atoms with Gasteiger partial charge in [0.25, 0.3) is 0 Å². The Bertz CT molecular complexity index is 349. The second-order valence-electron chi connectivity index (χ2n) is 6.52. The highest BCUT2D eigenvalue weighted by Gasteiger charge is 2.41. The fraction of sp³-hybridized carbons (Fsp3) is 0.933. The number of nitrogens with two attached hydrogens (primary N) is 1. The highest BCUT2D eigenvalue weighted by molar-refractivity contribution is 5.78. The third kappa shape index (κ3) is 2.85. The second kappa shape index (κ2) is 6.41. The molecule has 3 heterocycles. The van der Waals surface area contributed by atoms with Crippen LogP contribution >= 0.6 is 0 Å². The molecule has 5 nitrogen and oxygen atoms in total. The van der Waals surface area contributed by atoms with E-state index in [1.54, 1.807) is 0 Å². The van der Waals surface area contributed by atoms with Gasteiger partial charge in [-0.15, -0.1) is 0 Å². The number of nitrogens with one attached hydrogen (secondary N) is 1. The molecule has 0 spiro atoms. The van der Waals surface area contributed by atoms with E-state index in [0.717, 1.165) is 25.4 Å². The largest absolute Gasteiger partial charge is 0.355 e. The fourth-order valence-electron chi connectivity index (χ4n) is 4.34. The molecule has 3 saturated heterocycles. The first kappa shape index (κ1) is 14.3. The number of rotatable bonds is 4. The molecule has 3 N–H and O–H groups in total. The Labute approximate surface area is 121 Å². The third-order valence-electron chi connectivity index (χ3n) is 5.31. The average molecular weight is 280 g/mol. The molecule has 3 aliphatic rings. The lowest BCUT2D eigenvalue weighted by molar-refractivity contribution is -0.127. The summed E-state index contributed by atoms with van der Waals surface area (Å²) in [5, 5.41) is 2.96. The van der Waals surface area contributed by atoms with Gasteiger partial charge in [0, 0.05) is 38.3 Å². The number of carbonyl (C=O) groups is 1. The van der Waals surface area contributed by atoms with Crippen LogP contribution in [0.25, 0.3) is 0 Å². The van der Waals surface area contributed by atoms with E-state index >= 15 is 0 Å². The van der Waals surface area contributed by atoms with Crippen molar-refractivity contribution in [1.82, 2.24) is 15.1 Å². The van der Waals surface area contributed by atoms with E-state index in [-0.39, 0.29) is 11.8 Å². The molecule has 20 heavy (non-hydrogen) atoms. The summed E-state index contributed by atoms with van der Waals surface area (Å²) in [6, 6.07) is 1.46. The number of fused-ring (bicyclic) bond motifs is 1. The summed E-state index contributed by atoms with van der Waals surface area (Å²) in [6.07, 6.45) is 6.19. The molecule has 3 unspecified atom stereocenters. The zero-order valence-corrected chi connectivity index (χ0v) is 12.4. The summed E-state index contributed by atoms with van der Waals surface area (Å²) >= 11 is 0. The predicted octanol–water partition coefficient (Wildman–Crippen LogP) is 0.0100. The highest BCUT2D eigenvalue weighted by Crippen LogP contribution is 2.33. The predicted molar refractivity (Wildman–Crippen MR) is 79.4 cm³/mol. The number of hydrogen-bond donors (Lipinski definition) is 2. The summed E-state index contributed by atoms with van der Waals surface area (Å²) in [6.45, 7) is 5.81. The summed E-state index contributed by atoms with van der Waals surface area (Å²) < 4.78 is 0. The van der Waals surface area contributed by atoms with Gasteiger partial charge in [0.15, 0.2) is 0 Å². The normalized spacial score (nSPS) is 35.1. The van der Waals surface area contributed by atoms with Crippen molar-refractivity contribution < 1.29 is 4.79 Å². The molecule has 3 rings (SSSR count). The van der Waals surface area contributed by atoms with Crippen LogP contribution in [0.2, 0.25) is 0 Å². The SMILES string of the molecule is NCCNC(=O)C1CCCN(C2CCN3CCCC23)C1. The monoisotopic (exact) mass is 280 g/mol. The molecule has 0 saturated carbocycles. The van der Waals surface area contributed by atoms with Gasteiger partial charge in [-0.1, -0.05) is 0 Å². The fourth-order valence-corrected chi connectivity index (χ4v) is 4.34. The molecule has 0 aromatic rings. The van der Waals surface area contributed by atoms with Gasteiger partial charge in [-0.05, 0) is 45.2 Å². The lowest BCUT2D eigenvalue weighted by Gasteiger charge is -2.38. The van der Waals surface area contributed by atoms with Crippen molar-refractivity contribution in [3.05, 3.63) is 0 Å². The van der Waals surface area contributed by atoms with Crippen LogP contribution in [0.15, 0.2) is 0 Å². The molecule has 1 amide bonds. The van der Waals surface area contributed by atoms with E-state index in [4.69, 9.17) is 5.73 Å². The van der Waals surface area contributed by atoms with Crippen molar-refractivity contribution in [3.63, 3.8) is 0 Å². The van der Waals surface area contributed by atoms with Crippen LogP contribution in [0.4, 0.5) is 0 Å². The van der Waals surface area contributed by atoms with Crippen molar-refractivity contribution in [1.29, 1.82) is 0 Å². The molecule has 0 radical (unpaired) electrons. The van der Waals surface area contributed by atoms with Gasteiger partial charge in [-0.25, -0.2) is 0 Å². The Balaban J connectivity index is 1.56. The van der Waals surface area contributed by atoms with Crippen LogP contribution in [-0.4, -0.2) is 67.1 Å². The molecule has 0 aromatic carbocycles. The number of carbonyl (C=O) groups excluding carboxylic acids is 1. The van der Waals surface area contributed by atoms with E-state index in [1.165, 1.54) is 38.9 Å². The van der Waals surface area contributed by atoms with Gasteiger partial charge >= 0.3 is 0 Å². The van der Waals surface area contributed by atoms with Crippen molar-refractivity contribution in [2.75, 3.05) is 39.3 Å². The maximum Gasteiger partial charge on any atom is 0.224 e. The Morgan fingerprint density at radius 3 is 2.65 bits per heavy atom. The minimum Gasteiger partial charge on any atom is -0.355 e. The summed E-state index contributed by atoms with van der Waals surface area (Å²) in [5.74, 6) is 0.382. The van der Waals surface area contributed by atoms with Gasteiger partial charge in [-0.3, -0.25) is 14.6 Å². The van der Waals surface area contributed by atoms with Crippen LogP contribution < -0.4 is 11.1 Å². The minimum absolute atomic E-state index is 0.172. The zero-order chi connectivity index (χ0) is 13.9. The average Bonchev–Trinajstić information content (AvgIpc) is 3.07. The maximum absolute atomic E-state index is 12.1. The Kier molecular flexibility index (Phi) is 4.58. The number of piperidine rings is 1. The molecular formula is C15H28N4O. The minimum atomic E-state index is 0.172. The van der Waals surface area contributed by atoms with Crippen LogP contribution in [0.3, 0.4) is 0 Å². The lowest BCUT2D eigenvalue weighted by atomic mass is 9.93. The summed E-state index contributed by atoms with van der Waals surface area (Å²) in [5.41, 5.74) is 5.46. The first-order valence-corrected chi connectivity index (χ1v) is 8.25. The van der Waals surface area contributed by atoms with Gasteiger partial charge in [0.05, 0.1) is 5.92 Å². The highest BCUT2D eigenvalue weighted by atomic mass is 16.1. The van der Waals surface area contributed by atoms with Gasteiger partial charge < -0.3 is 11.1 Å². The van der Waals surface area contributed by atoms with Crippen molar-refractivity contribution in [2.24, 2.45) is 11.7 Å². The standard InChI is InChI=1S/C15H28N4O/c16-6-7-17-15(20)12-3-1-9-19(11-12)14-5-10-18-8-2-4-13(14)18/h12-14H,1-11,16H2,(H,17,20). The lowest BCUT2D eigenvalue weighted by Crippen LogP contribution is -2.50. The first-order chi connectivity index (χ1) is 9.79. The van der Waals surface area contributed by atoms with Crippen molar-refractivity contribution >= 4 is 5.91 Å². The smallest absolute Gasteiger partial charge is 0.224 e. The Hall–Kier alpha value is -0.650. The van der Waals surface area contributed by atoms with Gasteiger partial charge in [0.1, 0.15) is 0 Å². The number of hydrogen-bond acceptors (Lipinski definition) is 4. The van der Waals surface area contributed by atoms with E-state index in [2.05, 4.69) is 15.1 Å². The Morgan fingerprint density at radius 1 is 1.05 bits per heavy atom. The molecule has 3 fully saturated rings. The van der Waals surface area contributed by atoms with E-state index < -0.39 is 0 Å². The number of likely N-dealkylation sites (tertiary alicyclic amines) is 1. The molecule has 0 bridgehead atoms. The van der Waals surface area contributed by atoms with Crippen molar-refractivity contribution in [2.45, 2.75) is 44.2 Å². The second-order valence-corrected chi connectivity index (χ2v) is 6.52.